The Bertz CT molecular complexity index is 496. The number of carbonyl (C=O) groups is 2. The summed E-state index contributed by atoms with van der Waals surface area (Å²) in [6.07, 6.45) is 1.00. The average Bonchev–Trinajstić information content (AvgIpc) is 2.50. The van der Waals surface area contributed by atoms with Crippen molar-refractivity contribution < 1.29 is 9.59 Å². The number of carbonyl (C=O) groups excluding carboxylic acids is 2. The third-order valence-corrected chi connectivity index (χ3v) is 3.34. The summed E-state index contributed by atoms with van der Waals surface area (Å²) in [4.78, 5) is 22.3. The second-order valence-electron chi connectivity index (χ2n) is 4.94. The molecule has 22 heavy (non-hydrogen) atoms. The van der Waals surface area contributed by atoms with Crippen molar-refractivity contribution in [1.82, 2.24) is 15.1 Å². The highest BCUT2D eigenvalue weighted by Gasteiger charge is 2.21. The molecule has 0 aliphatic rings. The molecule has 0 heterocycles. The summed E-state index contributed by atoms with van der Waals surface area (Å²) in [6.45, 7) is 0.373. The molecule has 0 aromatic heterocycles. The van der Waals surface area contributed by atoms with Crippen molar-refractivity contribution in [2.24, 2.45) is 23.2 Å². The van der Waals surface area contributed by atoms with Gasteiger partial charge in [-0.05, 0) is 18.4 Å². The van der Waals surface area contributed by atoms with Gasteiger partial charge in [0.15, 0.2) is 0 Å². The second-order valence-corrected chi connectivity index (χ2v) is 4.94. The molecule has 122 valence electrons. The number of benzene rings is 1. The Morgan fingerprint density at radius 1 is 1.09 bits per heavy atom. The Morgan fingerprint density at radius 3 is 2.18 bits per heavy atom. The first kappa shape index (κ1) is 17.7. The number of nitrogens with two attached hydrogens (primary N) is 4. The van der Waals surface area contributed by atoms with Crippen LogP contribution >= 0.6 is 0 Å². The molecular weight excluding hydrogens is 286 g/mol. The molecule has 0 saturated heterocycles. The summed E-state index contributed by atoms with van der Waals surface area (Å²) >= 11 is 0. The highest BCUT2D eigenvalue weighted by atomic mass is 16.2. The van der Waals surface area contributed by atoms with Crippen LogP contribution in [0, 0.1) is 0 Å². The van der Waals surface area contributed by atoms with E-state index in [-0.39, 0.29) is 6.04 Å². The Morgan fingerprint density at radius 2 is 1.68 bits per heavy atom. The number of nitrogens with zero attached hydrogens (tertiary/aromatic N) is 3. The fourth-order valence-electron chi connectivity index (χ4n) is 2.02. The Labute approximate surface area is 129 Å². The number of amides is 4. The fourth-order valence-corrected chi connectivity index (χ4v) is 2.02. The minimum Gasteiger partial charge on any atom is -0.350 e. The Hall–Kier alpha value is -2.36. The molecule has 0 aliphatic carbocycles. The quantitative estimate of drug-likeness (QED) is 0.300. The summed E-state index contributed by atoms with van der Waals surface area (Å²) in [5, 5.41) is 3.23. The zero-order chi connectivity index (χ0) is 16.7. The molecule has 0 spiro atoms. The average molecular weight is 309 g/mol. The zero-order valence-corrected chi connectivity index (χ0v) is 12.6. The van der Waals surface area contributed by atoms with Crippen molar-refractivity contribution in [3.63, 3.8) is 0 Å². The fraction of sp³-hybridized carbons (Fsp3) is 0.385. The van der Waals surface area contributed by atoms with Crippen molar-refractivity contribution in [2.75, 3.05) is 13.6 Å². The van der Waals surface area contributed by atoms with E-state index < -0.39 is 12.1 Å². The molecule has 1 atom stereocenters. The lowest BCUT2D eigenvalue weighted by atomic mass is 10.0. The lowest BCUT2D eigenvalue weighted by Gasteiger charge is -2.30. The van der Waals surface area contributed by atoms with Crippen LogP contribution in [-0.4, -0.2) is 46.8 Å². The first-order valence-corrected chi connectivity index (χ1v) is 6.75. The topological polar surface area (TPSA) is 148 Å². The van der Waals surface area contributed by atoms with Crippen LogP contribution < -0.4 is 23.2 Å². The van der Waals surface area contributed by atoms with E-state index in [0.29, 0.717) is 19.4 Å². The molecular formula is C13H23N7O2. The van der Waals surface area contributed by atoms with Gasteiger partial charge in [0.25, 0.3) is 0 Å². The number of rotatable bonds is 7. The summed E-state index contributed by atoms with van der Waals surface area (Å²) in [6, 6.07) is 7.75. The molecule has 9 heteroatoms. The number of hydrazine groups is 3. The third kappa shape index (κ3) is 5.20. The van der Waals surface area contributed by atoms with Crippen molar-refractivity contribution >= 4 is 12.1 Å². The van der Waals surface area contributed by atoms with Gasteiger partial charge in [-0.3, -0.25) is 5.01 Å². The molecule has 1 aromatic carbocycles. The van der Waals surface area contributed by atoms with E-state index in [4.69, 9.17) is 23.2 Å². The van der Waals surface area contributed by atoms with Crippen LogP contribution in [0.2, 0.25) is 0 Å². The van der Waals surface area contributed by atoms with Gasteiger partial charge >= 0.3 is 12.1 Å². The SMILES string of the molecule is CN(CC[C@H](Cc1ccccc1)N(N)C(N)=O)N(N)C(N)=O. The summed E-state index contributed by atoms with van der Waals surface area (Å²) < 4.78 is 0. The van der Waals surface area contributed by atoms with Crippen molar-refractivity contribution in [2.45, 2.75) is 18.9 Å². The van der Waals surface area contributed by atoms with Crippen LogP contribution in [0.1, 0.15) is 12.0 Å². The molecule has 0 fully saturated rings. The van der Waals surface area contributed by atoms with Crippen molar-refractivity contribution in [1.29, 1.82) is 0 Å². The van der Waals surface area contributed by atoms with Crippen LogP contribution in [-0.2, 0) is 6.42 Å². The Balaban J connectivity index is 2.70. The molecule has 0 unspecified atom stereocenters. The lowest BCUT2D eigenvalue weighted by Crippen LogP contribution is -2.54. The maximum Gasteiger partial charge on any atom is 0.344 e. The first-order chi connectivity index (χ1) is 10.3. The van der Waals surface area contributed by atoms with Gasteiger partial charge in [0, 0.05) is 13.6 Å². The van der Waals surface area contributed by atoms with Gasteiger partial charge in [-0.1, -0.05) is 30.3 Å². The third-order valence-electron chi connectivity index (χ3n) is 3.34. The minimum absolute atomic E-state index is 0.330. The predicted molar refractivity (Wildman–Crippen MR) is 82.4 cm³/mol. The first-order valence-electron chi connectivity index (χ1n) is 6.75. The maximum absolute atomic E-state index is 11.3. The standard InChI is InChI=1S/C13H23N7O2/c1-18(20(17)13(15)22)8-7-11(19(16)12(14)21)9-10-5-3-2-4-6-10/h2-6,11H,7-9,16-17H2,1H3,(H2,14,21)(H2,15,22)/t11-/m1/s1. The smallest absolute Gasteiger partial charge is 0.344 e. The van der Waals surface area contributed by atoms with E-state index in [0.717, 1.165) is 15.7 Å². The highest BCUT2D eigenvalue weighted by Crippen LogP contribution is 2.10. The van der Waals surface area contributed by atoms with E-state index in [1.807, 2.05) is 30.3 Å². The maximum atomic E-state index is 11.3. The second kappa shape index (κ2) is 8.17. The molecule has 1 rings (SSSR count). The van der Waals surface area contributed by atoms with Gasteiger partial charge in [-0.2, -0.15) is 5.12 Å². The number of hydrogen-bond acceptors (Lipinski definition) is 5. The Kier molecular flexibility index (Phi) is 6.57. The zero-order valence-electron chi connectivity index (χ0n) is 12.6. The molecule has 1 aromatic rings. The van der Waals surface area contributed by atoms with E-state index in [2.05, 4.69) is 0 Å². The van der Waals surface area contributed by atoms with E-state index in [9.17, 15) is 9.59 Å². The van der Waals surface area contributed by atoms with Gasteiger partial charge in [-0.25, -0.2) is 26.3 Å². The van der Waals surface area contributed by atoms with Gasteiger partial charge in [0.1, 0.15) is 0 Å². The number of hydrogen-bond donors (Lipinski definition) is 4. The van der Waals surface area contributed by atoms with E-state index in [1.165, 1.54) is 5.01 Å². The molecule has 9 nitrogen and oxygen atoms in total. The van der Waals surface area contributed by atoms with Crippen LogP contribution in [0.4, 0.5) is 9.59 Å². The normalized spacial score (nSPS) is 12.0. The summed E-state index contributed by atoms with van der Waals surface area (Å²) in [5.41, 5.74) is 11.3. The summed E-state index contributed by atoms with van der Waals surface area (Å²) in [7, 11) is 1.61. The molecule has 0 bridgehead atoms. The molecule has 4 amide bonds. The van der Waals surface area contributed by atoms with Gasteiger partial charge in [0.2, 0.25) is 0 Å². The largest absolute Gasteiger partial charge is 0.350 e. The number of primary amides is 2. The number of urea groups is 2. The van der Waals surface area contributed by atoms with Crippen molar-refractivity contribution in [3.8, 4) is 0 Å². The van der Waals surface area contributed by atoms with Crippen molar-refractivity contribution in [3.05, 3.63) is 35.9 Å². The summed E-state index contributed by atoms with van der Waals surface area (Å²) in [5.74, 6) is 11.2. The van der Waals surface area contributed by atoms with Crippen LogP contribution in [0.15, 0.2) is 30.3 Å². The monoisotopic (exact) mass is 309 g/mol. The molecule has 0 radical (unpaired) electrons. The minimum atomic E-state index is -0.776. The van der Waals surface area contributed by atoms with Gasteiger partial charge in [-0.15, -0.1) is 0 Å². The van der Waals surface area contributed by atoms with Crippen LogP contribution in [0.3, 0.4) is 0 Å². The van der Waals surface area contributed by atoms with Gasteiger partial charge < -0.3 is 11.5 Å². The lowest BCUT2D eigenvalue weighted by molar-refractivity contribution is 0.0350. The van der Waals surface area contributed by atoms with Gasteiger partial charge in [0.05, 0.1) is 6.04 Å². The highest BCUT2D eigenvalue weighted by molar-refractivity contribution is 5.71. The molecule has 8 N–H and O–H groups in total. The molecule has 0 saturated carbocycles. The predicted octanol–water partition coefficient (Wildman–Crippen LogP) is -0.657. The van der Waals surface area contributed by atoms with Crippen LogP contribution in [0.5, 0.6) is 0 Å². The van der Waals surface area contributed by atoms with E-state index in [1.54, 1.807) is 7.05 Å². The molecule has 0 aliphatic heterocycles. The van der Waals surface area contributed by atoms with E-state index >= 15 is 0 Å². The van der Waals surface area contributed by atoms with Crippen LogP contribution in [0.25, 0.3) is 0 Å².